The molecule has 4 rings (SSSR count). The Bertz CT molecular complexity index is 1420. The number of rotatable bonds is 6. The van der Waals surface area contributed by atoms with Crippen LogP contribution in [-0.2, 0) is 6.18 Å². The molecule has 1 aromatic heterocycles. The largest absolute Gasteiger partial charge is 0.466 e. The van der Waals surface area contributed by atoms with E-state index < -0.39 is 22.6 Å². The normalized spacial score (nSPS) is 11.2. The Balaban J connectivity index is 1.69. The van der Waals surface area contributed by atoms with E-state index in [1.54, 1.807) is 18.2 Å². The summed E-state index contributed by atoms with van der Waals surface area (Å²) in [6, 6.07) is 16.1. The number of carbonyl (C=O) groups is 1. The summed E-state index contributed by atoms with van der Waals surface area (Å²) in [5.41, 5.74) is -0.139. The number of aromatic nitrogens is 3. The molecule has 0 atom stereocenters. The van der Waals surface area contributed by atoms with Gasteiger partial charge in [-0.15, -0.1) is 5.10 Å². The lowest BCUT2D eigenvalue weighted by Gasteiger charge is -2.11. The molecular weight excluding hydrogens is 467 g/mol. The zero-order chi connectivity index (χ0) is 25.2. The highest BCUT2D eigenvalue weighted by Crippen LogP contribution is 2.33. The fourth-order valence-corrected chi connectivity index (χ4v) is 3.26. The number of nitrogens with zero attached hydrogens (tertiary/aromatic N) is 4. The Morgan fingerprint density at radius 1 is 1.06 bits per heavy atom. The fourth-order valence-electron chi connectivity index (χ4n) is 3.26. The van der Waals surface area contributed by atoms with Crippen LogP contribution < -0.4 is 10.1 Å². The molecule has 1 heterocycles. The first-order valence-corrected chi connectivity index (χ1v) is 10.0. The van der Waals surface area contributed by atoms with E-state index in [9.17, 15) is 28.1 Å². The van der Waals surface area contributed by atoms with Gasteiger partial charge in [0.1, 0.15) is 0 Å². The smallest absolute Gasteiger partial charge is 0.416 e. The molecule has 0 radical (unpaired) electrons. The zero-order valence-electron chi connectivity index (χ0n) is 18.0. The van der Waals surface area contributed by atoms with E-state index in [0.29, 0.717) is 11.4 Å². The SMILES string of the molecule is COc1nc(-c2cccc(C(F)(F)F)c2)n(-c2cccc(NC(=O)c3cccc([N+](=O)[O-])c3)c2)n1. The van der Waals surface area contributed by atoms with Crippen molar-refractivity contribution in [2.45, 2.75) is 6.18 Å². The second kappa shape index (κ2) is 9.25. The number of benzene rings is 3. The van der Waals surface area contributed by atoms with Crippen LogP contribution in [0.4, 0.5) is 24.5 Å². The van der Waals surface area contributed by atoms with Gasteiger partial charge in [0.15, 0.2) is 5.82 Å². The topological polar surface area (TPSA) is 112 Å². The maximum atomic E-state index is 13.2. The summed E-state index contributed by atoms with van der Waals surface area (Å²) in [4.78, 5) is 27.2. The van der Waals surface area contributed by atoms with Crippen LogP contribution in [0.3, 0.4) is 0 Å². The number of nitro benzene ring substituents is 1. The molecule has 1 N–H and O–H groups in total. The van der Waals surface area contributed by atoms with Gasteiger partial charge in [-0.3, -0.25) is 14.9 Å². The van der Waals surface area contributed by atoms with Crippen LogP contribution in [-0.4, -0.2) is 32.7 Å². The van der Waals surface area contributed by atoms with Gasteiger partial charge in [-0.05, 0) is 36.4 Å². The molecule has 178 valence electrons. The molecule has 4 aromatic rings. The highest BCUT2D eigenvalue weighted by atomic mass is 19.4. The Morgan fingerprint density at radius 2 is 1.80 bits per heavy atom. The molecule has 0 bridgehead atoms. The Hall–Kier alpha value is -4.74. The molecule has 1 amide bonds. The average Bonchev–Trinajstić information content (AvgIpc) is 3.28. The van der Waals surface area contributed by atoms with Crippen LogP contribution in [0, 0.1) is 10.1 Å². The first-order chi connectivity index (χ1) is 16.7. The lowest BCUT2D eigenvalue weighted by Crippen LogP contribution is -2.12. The lowest BCUT2D eigenvalue weighted by molar-refractivity contribution is -0.384. The second-order valence-corrected chi connectivity index (χ2v) is 7.22. The number of amides is 1. The van der Waals surface area contributed by atoms with Crippen molar-refractivity contribution in [2.24, 2.45) is 0 Å². The number of halogens is 3. The third-order valence-corrected chi connectivity index (χ3v) is 4.89. The first kappa shape index (κ1) is 23.4. The molecular formula is C23H16F3N5O4. The van der Waals surface area contributed by atoms with Crippen molar-refractivity contribution in [1.29, 1.82) is 0 Å². The number of hydrogen-bond acceptors (Lipinski definition) is 6. The van der Waals surface area contributed by atoms with Crippen molar-refractivity contribution in [1.82, 2.24) is 14.8 Å². The number of carbonyl (C=O) groups excluding carboxylic acids is 1. The molecule has 12 heteroatoms. The minimum atomic E-state index is -4.54. The van der Waals surface area contributed by atoms with Gasteiger partial charge in [-0.2, -0.15) is 18.2 Å². The molecule has 0 fully saturated rings. The predicted molar refractivity (Wildman–Crippen MR) is 119 cm³/mol. The average molecular weight is 483 g/mol. The molecule has 0 aliphatic carbocycles. The van der Waals surface area contributed by atoms with Gasteiger partial charge >= 0.3 is 12.2 Å². The van der Waals surface area contributed by atoms with Crippen LogP contribution in [0.25, 0.3) is 17.1 Å². The van der Waals surface area contributed by atoms with Gasteiger partial charge in [0.2, 0.25) is 0 Å². The van der Waals surface area contributed by atoms with E-state index in [4.69, 9.17) is 4.74 Å². The highest BCUT2D eigenvalue weighted by molar-refractivity contribution is 6.04. The van der Waals surface area contributed by atoms with E-state index in [0.717, 1.165) is 18.2 Å². The molecule has 3 aromatic carbocycles. The highest BCUT2D eigenvalue weighted by Gasteiger charge is 2.31. The van der Waals surface area contributed by atoms with Gasteiger partial charge in [-0.25, -0.2) is 4.68 Å². The van der Waals surface area contributed by atoms with E-state index in [1.807, 2.05) is 0 Å². The molecule has 0 aliphatic rings. The number of nitro groups is 1. The monoisotopic (exact) mass is 483 g/mol. The number of non-ortho nitro benzene ring substituents is 1. The van der Waals surface area contributed by atoms with Crippen LogP contribution >= 0.6 is 0 Å². The molecule has 35 heavy (non-hydrogen) atoms. The second-order valence-electron chi connectivity index (χ2n) is 7.22. The maximum absolute atomic E-state index is 13.2. The van der Waals surface area contributed by atoms with Crippen molar-refractivity contribution in [3.63, 3.8) is 0 Å². The van der Waals surface area contributed by atoms with E-state index in [2.05, 4.69) is 15.4 Å². The van der Waals surface area contributed by atoms with Crippen molar-refractivity contribution in [2.75, 3.05) is 12.4 Å². The van der Waals surface area contributed by atoms with Crippen LogP contribution in [0.1, 0.15) is 15.9 Å². The quantitative estimate of drug-likeness (QED) is 0.301. The van der Waals surface area contributed by atoms with Crippen molar-refractivity contribution < 1.29 is 27.6 Å². The molecule has 0 saturated carbocycles. The van der Waals surface area contributed by atoms with Crippen molar-refractivity contribution >= 4 is 17.3 Å². The van der Waals surface area contributed by atoms with Gasteiger partial charge in [-0.1, -0.05) is 24.3 Å². The number of hydrogen-bond donors (Lipinski definition) is 1. The number of ether oxygens (including phenoxy) is 1. The number of nitrogens with one attached hydrogen (secondary N) is 1. The Labute approximate surface area is 195 Å². The summed E-state index contributed by atoms with van der Waals surface area (Å²) < 4.78 is 46.0. The maximum Gasteiger partial charge on any atom is 0.416 e. The minimum Gasteiger partial charge on any atom is -0.466 e. The fraction of sp³-hybridized carbons (Fsp3) is 0.0870. The lowest BCUT2D eigenvalue weighted by atomic mass is 10.1. The van der Waals surface area contributed by atoms with E-state index in [1.165, 1.54) is 48.2 Å². The summed E-state index contributed by atoms with van der Waals surface area (Å²) in [5, 5.41) is 17.8. The van der Waals surface area contributed by atoms with Gasteiger partial charge in [0.05, 0.1) is 23.3 Å². The molecule has 0 saturated heterocycles. The standard InChI is InChI=1S/C23H16F3N5O4/c1-35-22-28-20(14-5-2-7-16(11-14)23(24,25)26)30(29-22)18-9-4-8-17(13-18)27-21(32)15-6-3-10-19(12-15)31(33)34/h2-13H,1H3,(H,27,32). The zero-order valence-corrected chi connectivity index (χ0v) is 18.0. The van der Waals surface area contributed by atoms with Crippen LogP contribution in [0.5, 0.6) is 6.01 Å². The summed E-state index contributed by atoms with van der Waals surface area (Å²) in [6.07, 6.45) is -4.54. The summed E-state index contributed by atoms with van der Waals surface area (Å²) in [5.74, 6) is -0.491. The number of methoxy groups -OCH3 is 1. The van der Waals surface area contributed by atoms with Crippen molar-refractivity contribution in [3.8, 4) is 23.1 Å². The molecule has 0 unspecified atom stereocenters. The third-order valence-electron chi connectivity index (χ3n) is 4.89. The summed E-state index contributed by atoms with van der Waals surface area (Å²) in [6.45, 7) is 0. The summed E-state index contributed by atoms with van der Waals surface area (Å²) in [7, 11) is 1.32. The van der Waals surface area contributed by atoms with Crippen LogP contribution in [0.2, 0.25) is 0 Å². The molecule has 0 spiro atoms. The Kier molecular flexibility index (Phi) is 6.19. The van der Waals surface area contributed by atoms with Gasteiger partial charge in [0.25, 0.3) is 11.6 Å². The van der Waals surface area contributed by atoms with Gasteiger partial charge in [0, 0.05) is 28.9 Å². The molecule has 0 aliphatic heterocycles. The Morgan fingerprint density at radius 3 is 2.51 bits per heavy atom. The number of anilines is 1. The van der Waals surface area contributed by atoms with Gasteiger partial charge < -0.3 is 10.1 Å². The van der Waals surface area contributed by atoms with E-state index >= 15 is 0 Å². The number of alkyl halides is 3. The predicted octanol–water partition coefficient (Wildman–Crippen LogP) is 5.12. The van der Waals surface area contributed by atoms with Crippen molar-refractivity contribution in [3.05, 3.63) is 94.0 Å². The van der Waals surface area contributed by atoms with Crippen LogP contribution in [0.15, 0.2) is 72.8 Å². The summed E-state index contributed by atoms with van der Waals surface area (Å²) >= 11 is 0. The first-order valence-electron chi connectivity index (χ1n) is 10.0. The molecule has 9 nitrogen and oxygen atoms in total. The van der Waals surface area contributed by atoms with E-state index in [-0.39, 0.29) is 28.6 Å². The minimum absolute atomic E-state index is 0.0663. The third kappa shape index (κ3) is 5.11.